The Hall–Kier alpha value is -2.08. The van der Waals surface area contributed by atoms with Crippen molar-refractivity contribution >= 4 is 17.5 Å². The zero-order valence-corrected chi connectivity index (χ0v) is 14.7. The fourth-order valence-corrected chi connectivity index (χ4v) is 2.89. The van der Waals surface area contributed by atoms with Crippen molar-refractivity contribution in [2.24, 2.45) is 0 Å². The lowest BCUT2D eigenvalue weighted by molar-refractivity contribution is -0.135. The van der Waals surface area contributed by atoms with Gasteiger partial charge in [0.2, 0.25) is 11.8 Å². The fraction of sp³-hybridized carbons (Fsp3) is 0.556. The number of hydrogen-bond acceptors (Lipinski definition) is 4. The molecule has 2 amide bonds. The van der Waals surface area contributed by atoms with Crippen molar-refractivity contribution in [2.75, 3.05) is 39.1 Å². The van der Waals surface area contributed by atoms with Gasteiger partial charge in [-0.3, -0.25) is 14.5 Å². The molecule has 0 saturated carbocycles. The molecule has 0 bridgehead atoms. The van der Waals surface area contributed by atoms with E-state index in [1.54, 1.807) is 32.4 Å². The highest BCUT2D eigenvalue weighted by molar-refractivity contribution is 5.94. The van der Waals surface area contributed by atoms with E-state index in [1.165, 1.54) is 11.3 Å². The lowest BCUT2D eigenvalue weighted by Crippen LogP contribution is -2.46. The van der Waals surface area contributed by atoms with E-state index in [-0.39, 0.29) is 18.4 Å². The molecule has 1 aromatic rings. The van der Waals surface area contributed by atoms with Crippen LogP contribution in [0.4, 0.5) is 5.69 Å². The van der Waals surface area contributed by atoms with E-state index in [4.69, 9.17) is 4.74 Å². The molecular weight excluding hydrogens is 306 g/mol. The molecule has 1 atom stereocenters. The molecule has 1 aliphatic rings. The highest BCUT2D eigenvalue weighted by Gasteiger charge is 2.22. The molecule has 0 radical (unpaired) electrons. The van der Waals surface area contributed by atoms with E-state index < -0.39 is 0 Å². The van der Waals surface area contributed by atoms with E-state index in [0.29, 0.717) is 24.0 Å². The first-order chi connectivity index (χ1) is 11.5. The molecule has 24 heavy (non-hydrogen) atoms. The van der Waals surface area contributed by atoms with Gasteiger partial charge in [-0.25, -0.2) is 0 Å². The third kappa shape index (κ3) is 5.23. The lowest BCUT2D eigenvalue weighted by atomic mass is 10.0. The molecule has 1 aliphatic heterocycles. The first-order valence-corrected chi connectivity index (χ1v) is 8.41. The van der Waals surface area contributed by atoms with Gasteiger partial charge in [0, 0.05) is 24.8 Å². The number of hydrogen-bond donors (Lipinski definition) is 1. The van der Waals surface area contributed by atoms with Gasteiger partial charge in [-0.15, -0.1) is 0 Å². The molecular formula is C18H27N3O3. The average Bonchev–Trinajstić information content (AvgIpc) is 2.56. The molecule has 1 aromatic carbocycles. The summed E-state index contributed by atoms with van der Waals surface area (Å²) in [4.78, 5) is 28.1. The van der Waals surface area contributed by atoms with Crippen LogP contribution in [-0.2, 0) is 9.59 Å². The smallest absolute Gasteiger partial charge is 0.243 e. The van der Waals surface area contributed by atoms with Crippen LogP contribution >= 0.6 is 0 Å². The van der Waals surface area contributed by atoms with Crippen molar-refractivity contribution in [1.82, 2.24) is 9.80 Å². The number of nitrogens with one attached hydrogen (secondary N) is 1. The second-order valence-electron chi connectivity index (χ2n) is 6.35. The third-order valence-corrected chi connectivity index (χ3v) is 4.44. The predicted octanol–water partition coefficient (Wildman–Crippen LogP) is 1.97. The molecule has 6 heteroatoms. The molecule has 132 valence electrons. The van der Waals surface area contributed by atoms with Crippen LogP contribution in [0, 0.1) is 0 Å². The minimum Gasteiger partial charge on any atom is -0.497 e. The highest BCUT2D eigenvalue weighted by Crippen LogP contribution is 2.17. The SMILES string of the molecule is COc1cccc(NC(=O)CN(C)C(=O)CN2CCCC[C@@H]2C)c1. The highest BCUT2D eigenvalue weighted by atomic mass is 16.5. The van der Waals surface area contributed by atoms with E-state index in [2.05, 4.69) is 17.1 Å². The van der Waals surface area contributed by atoms with Crippen molar-refractivity contribution in [3.63, 3.8) is 0 Å². The number of rotatable bonds is 6. The summed E-state index contributed by atoms with van der Waals surface area (Å²) in [6.45, 7) is 3.53. The number of ether oxygens (including phenoxy) is 1. The monoisotopic (exact) mass is 333 g/mol. The first-order valence-electron chi connectivity index (χ1n) is 8.41. The number of nitrogens with zero attached hydrogens (tertiary/aromatic N) is 2. The minimum absolute atomic E-state index is 0.0236. The van der Waals surface area contributed by atoms with Gasteiger partial charge in [-0.05, 0) is 38.4 Å². The molecule has 2 rings (SSSR count). The summed E-state index contributed by atoms with van der Waals surface area (Å²) >= 11 is 0. The zero-order valence-electron chi connectivity index (χ0n) is 14.7. The standard InChI is InChI=1S/C18H27N3O3/c1-14-7-4-5-10-21(14)13-18(23)20(2)12-17(22)19-15-8-6-9-16(11-15)24-3/h6,8-9,11,14H,4-5,7,10,12-13H2,1-3H3,(H,19,22)/t14-/m0/s1. The summed E-state index contributed by atoms with van der Waals surface area (Å²) in [5.74, 6) is 0.437. The maximum absolute atomic E-state index is 12.3. The second kappa shape index (κ2) is 8.68. The number of amides is 2. The van der Waals surface area contributed by atoms with Crippen LogP contribution < -0.4 is 10.1 Å². The topological polar surface area (TPSA) is 61.9 Å². The molecule has 0 aliphatic carbocycles. The summed E-state index contributed by atoms with van der Waals surface area (Å²) in [5, 5.41) is 2.79. The Morgan fingerprint density at radius 2 is 2.17 bits per heavy atom. The maximum atomic E-state index is 12.3. The molecule has 0 spiro atoms. The Morgan fingerprint density at radius 1 is 1.38 bits per heavy atom. The summed E-state index contributed by atoms with van der Waals surface area (Å²) in [6.07, 6.45) is 3.50. The van der Waals surface area contributed by atoms with Gasteiger partial charge in [0.1, 0.15) is 5.75 Å². The minimum atomic E-state index is -0.217. The molecule has 1 heterocycles. The number of benzene rings is 1. The normalized spacial score (nSPS) is 18.0. The number of carbonyl (C=O) groups is 2. The molecule has 1 N–H and O–H groups in total. The lowest BCUT2D eigenvalue weighted by Gasteiger charge is -2.33. The first kappa shape index (κ1) is 18.3. The summed E-state index contributed by atoms with van der Waals surface area (Å²) < 4.78 is 5.13. The Bertz CT molecular complexity index is 576. The number of anilines is 1. The van der Waals surface area contributed by atoms with Gasteiger partial charge >= 0.3 is 0 Å². The Balaban J connectivity index is 1.82. The Labute approximate surface area is 143 Å². The number of likely N-dealkylation sites (tertiary alicyclic amines) is 1. The second-order valence-corrected chi connectivity index (χ2v) is 6.35. The summed E-state index contributed by atoms with van der Waals surface area (Å²) in [6, 6.07) is 7.58. The predicted molar refractivity (Wildman–Crippen MR) is 94.1 cm³/mol. The average molecular weight is 333 g/mol. The van der Waals surface area contributed by atoms with Crippen LogP contribution in [0.3, 0.4) is 0 Å². The van der Waals surface area contributed by atoms with Crippen molar-refractivity contribution < 1.29 is 14.3 Å². The van der Waals surface area contributed by atoms with Crippen LogP contribution in [0.1, 0.15) is 26.2 Å². The van der Waals surface area contributed by atoms with Gasteiger partial charge in [0.05, 0.1) is 20.2 Å². The van der Waals surface area contributed by atoms with Gasteiger partial charge in [-0.1, -0.05) is 12.5 Å². The maximum Gasteiger partial charge on any atom is 0.243 e. The number of carbonyl (C=O) groups excluding carboxylic acids is 2. The van der Waals surface area contributed by atoms with E-state index >= 15 is 0 Å². The summed E-state index contributed by atoms with van der Waals surface area (Å²) in [5.41, 5.74) is 0.657. The fourth-order valence-electron chi connectivity index (χ4n) is 2.89. The van der Waals surface area contributed by atoms with Crippen LogP contribution in [-0.4, -0.2) is 61.4 Å². The van der Waals surface area contributed by atoms with E-state index in [0.717, 1.165) is 19.4 Å². The molecule has 1 saturated heterocycles. The quantitative estimate of drug-likeness (QED) is 0.864. The number of likely N-dealkylation sites (N-methyl/N-ethyl adjacent to an activating group) is 1. The number of piperidine rings is 1. The number of methoxy groups -OCH3 is 1. The van der Waals surface area contributed by atoms with Crippen LogP contribution in [0.15, 0.2) is 24.3 Å². The zero-order chi connectivity index (χ0) is 17.5. The Morgan fingerprint density at radius 3 is 2.88 bits per heavy atom. The largest absolute Gasteiger partial charge is 0.497 e. The van der Waals surface area contributed by atoms with Crippen molar-refractivity contribution in [2.45, 2.75) is 32.2 Å². The van der Waals surface area contributed by atoms with Crippen molar-refractivity contribution in [1.29, 1.82) is 0 Å². The summed E-state index contributed by atoms with van der Waals surface area (Å²) in [7, 11) is 3.25. The van der Waals surface area contributed by atoms with E-state index in [9.17, 15) is 9.59 Å². The molecule has 1 fully saturated rings. The molecule has 0 unspecified atom stereocenters. The molecule has 6 nitrogen and oxygen atoms in total. The van der Waals surface area contributed by atoms with E-state index in [1.807, 2.05) is 6.07 Å². The third-order valence-electron chi connectivity index (χ3n) is 4.44. The Kier molecular flexibility index (Phi) is 6.61. The van der Waals surface area contributed by atoms with Crippen LogP contribution in [0.5, 0.6) is 5.75 Å². The van der Waals surface area contributed by atoms with Crippen molar-refractivity contribution in [3.8, 4) is 5.75 Å². The van der Waals surface area contributed by atoms with Gasteiger partial charge in [0.15, 0.2) is 0 Å². The van der Waals surface area contributed by atoms with Crippen LogP contribution in [0.25, 0.3) is 0 Å². The van der Waals surface area contributed by atoms with Crippen LogP contribution in [0.2, 0.25) is 0 Å². The van der Waals surface area contributed by atoms with Gasteiger partial charge in [0.25, 0.3) is 0 Å². The van der Waals surface area contributed by atoms with Gasteiger partial charge < -0.3 is 15.0 Å². The van der Waals surface area contributed by atoms with Gasteiger partial charge in [-0.2, -0.15) is 0 Å². The molecule has 0 aromatic heterocycles. The van der Waals surface area contributed by atoms with Crippen molar-refractivity contribution in [3.05, 3.63) is 24.3 Å².